The van der Waals surface area contributed by atoms with Crippen LogP contribution in [-0.2, 0) is 17.3 Å². The summed E-state index contributed by atoms with van der Waals surface area (Å²) in [7, 11) is 1.81. The molecule has 0 aliphatic rings. The van der Waals surface area contributed by atoms with Crippen LogP contribution in [0.5, 0.6) is 0 Å². The third-order valence-corrected chi connectivity index (χ3v) is 2.69. The summed E-state index contributed by atoms with van der Waals surface area (Å²) in [6, 6.07) is 5.37. The lowest BCUT2D eigenvalue weighted by Gasteiger charge is -2.16. The van der Waals surface area contributed by atoms with Gasteiger partial charge in [0.25, 0.3) is 0 Å². The quantitative estimate of drug-likeness (QED) is 0.850. The lowest BCUT2D eigenvalue weighted by molar-refractivity contribution is -0.137. The summed E-state index contributed by atoms with van der Waals surface area (Å²) >= 11 is 0. The average molecular weight is 261 g/mol. The summed E-state index contributed by atoms with van der Waals surface area (Å²) in [6.45, 7) is 3.09. The molecule has 1 atom stereocenters. The van der Waals surface area contributed by atoms with Gasteiger partial charge < -0.3 is 10.1 Å². The topological polar surface area (TPSA) is 21.3 Å². The third-order valence-electron chi connectivity index (χ3n) is 2.69. The fourth-order valence-corrected chi connectivity index (χ4v) is 1.62. The molecule has 18 heavy (non-hydrogen) atoms. The summed E-state index contributed by atoms with van der Waals surface area (Å²) in [5, 5.41) is 3.08. The van der Waals surface area contributed by atoms with Gasteiger partial charge in [0.15, 0.2) is 0 Å². The van der Waals surface area contributed by atoms with Crippen LogP contribution in [0.3, 0.4) is 0 Å². The van der Waals surface area contributed by atoms with Crippen LogP contribution in [-0.4, -0.2) is 26.3 Å². The molecule has 0 amide bonds. The Morgan fingerprint density at radius 1 is 1.22 bits per heavy atom. The molecule has 1 N–H and O–H groups in total. The number of rotatable bonds is 6. The van der Waals surface area contributed by atoms with E-state index in [-0.39, 0.29) is 6.04 Å². The van der Waals surface area contributed by atoms with Crippen molar-refractivity contribution in [2.24, 2.45) is 0 Å². The molecule has 1 unspecified atom stereocenters. The first kappa shape index (κ1) is 15.0. The minimum absolute atomic E-state index is 0.113. The smallest absolute Gasteiger partial charge is 0.380 e. The lowest BCUT2D eigenvalue weighted by atomic mass is 10.0. The number of halogens is 3. The molecule has 0 aliphatic heterocycles. The average Bonchev–Trinajstić information content (AvgIpc) is 2.34. The minimum Gasteiger partial charge on any atom is -0.380 e. The highest BCUT2D eigenvalue weighted by atomic mass is 19.4. The molecule has 1 rings (SSSR count). The van der Waals surface area contributed by atoms with E-state index in [0.717, 1.165) is 17.7 Å². The van der Waals surface area contributed by atoms with Gasteiger partial charge in [-0.25, -0.2) is 0 Å². The molecule has 102 valence electrons. The van der Waals surface area contributed by atoms with Gasteiger partial charge >= 0.3 is 6.18 Å². The Morgan fingerprint density at radius 3 is 2.28 bits per heavy atom. The lowest BCUT2D eigenvalue weighted by Crippen LogP contribution is -2.32. The van der Waals surface area contributed by atoms with Crippen LogP contribution in [0, 0.1) is 0 Å². The molecule has 0 heterocycles. The number of alkyl halides is 3. The van der Waals surface area contributed by atoms with E-state index in [4.69, 9.17) is 4.74 Å². The molecule has 0 aromatic heterocycles. The van der Waals surface area contributed by atoms with E-state index in [1.807, 2.05) is 14.0 Å². The molecule has 5 heteroatoms. The Morgan fingerprint density at radius 2 is 1.83 bits per heavy atom. The van der Waals surface area contributed by atoms with Gasteiger partial charge in [0.05, 0.1) is 12.2 Å². The van der Waals surface area contributed by atoms with Crippen molar-refractivity contribution >= 4 is 0 Å². The number of hydrogen-bond donors (Lipinski definition) is 1. The molecular weight excluding hydrogens is 243 g/mol. The van der Waals surface area contributed by atoms with E-state index in [2.05, 4.69) is 5.32 Å². The summed E-state index contributed by atoms with van der Waals surface area (Å²) in [5.74, 6) is 0. The largest absolute Gasteiger partial charge is 0.416 e. The first-order valence-corrected chi connectivity index (χ1v) is 5.88. The van der Waals surface area contributed by atoms with Crippen molar-refractivity contribution in [2.45, 2.75) is 25.6 Å². The molecule has 0 spiro atoms. The molecule has 2 nitrogen and oxygen atoms in total. The number of likely N-dealkylation sites (N-methyl/N-ethyl adjacent to an activating group) is 1. The van der Waals surface area contributed by atoms with Crippen molar-refractivity contribution in [1.29, 1.82) is 0 Å². The van der Waals surface area contributed by atoms with Crippen LogP contribution in [0.2, 0.25) is 0 Å². The van der Waals surface area contributed by atoms with Crippen LogP contribution >= 0.6 is 0 Å². The number of hydrogen-bond acceptors (Lipinski definition) is 2. The second-order valence-corrected chi connectivity index (χ2v) is 4.04. The second kappa shape index (κ2) is 6.75. The molecule has 0 fully saturated rings. The maximum atomic E-state index is 12.4. The Bertz CT molecular complexity index is 348. The van der Waals surface area contributed by atoms with Crippen LogP contribution in [0.1, 0.15) is 18.1 Å². The van der Waals surface area contributed by atoms with Gasteiger partial charge in [-0.3, -0.25) is 0 Å². The van der Waals surface area contributed by atoms with Crippen molar-refractivity contribution in [3.05, 3.63) is 35.4 Å². The number of ether oxygens (including phenoxy) is 1. The normalized spacial score (nSPS) is 13.6. The Hall–Kier alpha value is -1.07. The maximum Gasteiger partial charge on any atom is 0.416 e. The monoisotopic (exact) mass is 261 g/mol. The molecule has 0 saturated heterocycles. The second-order valence-electron chi connectivity index (χ2n) is 4.04. The van der Waals surface area contributed by atoms with Gasteiger partial charge in [-0.15, -0.1) is 0 Å². The molecule has 0 radical (unpaired) electrons. The van der Waals surface area contributed by atoms with E-state index < -0.39 is 11.7 Å². The summed E-state index contributed by atoms with van der Waals surface area (Å²) in [5.41, 5.74) is 0.249. The predicted molar refractivity (Wildman–Crippen MR) is 64.5 cm³/mol. The SMILES string of the molecule is CCOCC(Cc1ccc(C(F)(F)F)cc1)NC. The maximum absolute atomic E-state index is 12.4. The Labute approximate surface area is 105 Å². The van der Waals surface area contributed by atoms with Crippen molar-refractivity contribution in [2.75, 3.05) is 20.3 Å². The first-order valence-electron chi connectivity index (χ1n) is 5.88. The van der Waals surface area contributed by atoms with Crippen LogP contribution in [0.4, 0.5) is 13.2 Å². The van der Waals surface area contributed by atoms with E-state index in [9.17, 15) is 13.2 Å². The molecular formula is C13H18F3NO. The van der Waals surface area contributed by atoms with Crippen molar-refractivity contribution < 1.29 is 17.9 Å². The van der Waals surface area contributed by atoms with Gasteiger partial charge in [0, 0.05) is 12.6 Å². The first-order chi connectivity index (χ1) is 8.47. The van der Waals surface area contributed by atoms with E-state index in [0.29, 0.717) is 19.6 Å². The summed E-state index contributed by atoms with van der Waals surface area (Å²) in [4.78, 5) is 0. The zero-order valence-corrected chi connectivity index (χ0v) is 10.6. The Balaban J connectivity index is 2.62. The summed E-state index contributed by atoms with van der Waals surface area (Å²) in [6.07, 6.45) is -3.62. The van der Waals surface area contributed by atoms with Crippen LogP contribution < -0.4 is 5.32 Å². The highest BCUT2D eigenvalue weighted by Gasteiger charge is 2.29. The molecule has 0 bridgehead atoms. The van der Waals surface area contributed by atoms with E-state index in [1.165, 1.54) is 12.1 Å². The highest BCUT2D eigenvalue weighted by molar-refractivity contribution is 5.25. The zero-order valence-electron chi connectivity index (χ0n) is 10.6. The van der Waals surface area contributed by atoms with E-state index in [1.54, 1.807) is 0 Å². The van der Waals surface area contributed by atoms with Gasteiger partial charge in [-0.2, -0.15) is 13.2 Å². The van der Waals surface area contributed by atoms with Crippen molar-refractivity contribution in [3.8, 4) is 0 Å². The van der Waals surface area contributed by atoms with Gasteiger partial charge in [-0.1, -0.05) is 12.1 Å². The molecule has 1 aromatic carbocycles. The predicted octanol–water partition coefficient (Wildman–Crippen LogP) is 2.87. The van der Waals surface area contributed by atoms with Gasteiger partial charge in [0.2, 0.25) is 0 Å². The molecule has 1 aromatic rings. The standard InChI is InChI=1S/C13H18F3NO/c1-3-18-9-12(17-2)8-10-4-6-11(7-5-10)13(14,15)16/h4-7,12,17H,3,8-9H2,1-2H3. The van der Waals surface area contributed by atoms with Crippen LogP contribution in [0.15, 0.2) is 24.3 Å². The zero-order chi connectivity index (χ0) is 13.6. The van der Waals surface area contributed by atoms with Gasteiger partial charge in [0.1, 0.15) is 0 Å². The number of benzene rings is 1. The van der Waals surface area contributed by atoms with Crippen molar-refractivity contribution in [1.82, 2.24) is 5.32 Å². The fraction of sp³-hybridized carbons (Fsp3) is 0.538. The summed E-state index contributed by atoms with van der Waals surface area (Å²) < 4.78 is 42.4. The van der Waals surface area contributed by atoms with E-state index >= 15 is 0 Å². The van der Waals surface area contributed by atoms with Gasteiger partial charge in [-0.05, 0) is 38.1 Å². The highest BCUT2D eigenvalue weighted by Crippen LogP contribution is 2.29. The number of nitrogens with one attached hydrogen (secondary N) is 1. The molecule has 0 aliphatic carbocycles. The van der Waals surface area contributed by atoms with Crippen molar-refractivity contribution in [3.63, 3.8) is 0 Å². The fourth-order valence-electron chi connectivity index (χ4n) is 1.62. The molecule has 0 saturated carbocycles. The van der Waals surface area contributed by atoms with Crippen LogP contribution in [0.25, 0.3) is 0 Å². The minimum atomic E-state index is -4.27. The third kappa shape index (κ3) is 4.66. The Kier molecular flexibility index (Phi) is 5.62.